The van der Waals surface area contributed by atoms with Crippen molar-refractivity contribution in [3.8, 4) is 0 Å². The Kier molecular flexibility index (Phi) is 9.44. The van der Waals surface area contributed by atoms with Crippen LogP contribution in [0.15, 0.2) is 23.8 Å². The number of carbonyl (C=O) groups excluding carboxylic acids is 1. The highest BCUT2D eigenvalue weighted by Crippen LogP contribution is 1.93. The lowest BCUT2D eigenvalue weighted by Gasteiger charge is -1.94. The number of ether oxygens (including phenoxy) is 1. The van der Waals surface area contributed by atoms with E-state index < -0.39 is 23.9 Å². The zero-order valence-electron chi connectivity index (χ0n) is 9.61. The molecular weight excluding hydrogens is 248 g/mol. The van der Waals surface area contributed by atoms with Crippen molar-refractivity contribution < 1.29 is 39.2 Å². The molecule has 0 saturated heterocycles. The maximum atomic E-state index is 10.5. The van der Waals surface area contributed by atoms with Crippen LogP contribution in [-0.2, 0) is 23.9 Å². The number of methoxy groups -OCH3 is 1. The number of carboxylic acid groups (broad SMARTS) is 3. The van der Waals surface area contributed by atoms with E-state index in [2.05, 4.69) is 4.74 Å². The summed E-state index contributed by atoms with van der Waals surface area (Å²) in [6.45, 7) is 1.37. The Hall–Kier alpha value is -2.64. The Morgan fingerprint density at radius 2 is 1.28 bits per heavy atom. The zero-order valence-corrected chi connectivity index (χ0v) is 9.61. The van der Waals surface area contributed by atoms with Gasteiger partial charge in [0.1, 0.15) is 0 Å². The van der Waals surface area contributed by atoms with Crippen LogP contribution in [0.25, 0.3) is 0 Å². The maximum absolute atomic E-state index is 10.5. The van der Waals surface area contributed by atoms with Gasteiger partial charge in [0.2, 0.25) is 0 Å². The predicted octanol–water partition coefficient (Wildman–Crippen LogP) is -0.0979. The van der Waals surface area contributed by atoms with Gasteiger partial charge in [-0.25, -0.2) is 19.2 Å². The minimum atomic E-state index is -1.26. The zero-order chi connectivity index (χ0) is 14.7. The van der Waals surface area contributed by atoms with Gasteiger partial charge in [-0.2, -0.15) is 0 Å². The minimum absolute atomic E-state index is 0.0787. The fourth-order valence-electron chi connectivity index (χ4n) is 0.548. The maximum Gasteiger partial charge on any atom is 0.333 e. The van der Waals surface area contributed by atoms with Crippen molar-refractivity contribution in [1.29, 1.82) is 0 Å². The van der Waals surface area contributed by atoms with Gasteiger partial charge in [-0.15, -0.1) is 0 Å². The summed E-state index contributed by atoms with van der Waals surface area (Å²) in [5.74, 6) is -4.29. The summed E-state index contributed by atoms with van der Waals surface area (Å²) in [4.78, 5) is 39.5. The molecular formula is C10H12O8. The molecule has 0 radical (unpaired) electrons. The van der Waals surface area contributed by atoms with Gasteiger partial charge in [0.15, 0.2) is 0 Å². The average molecular weight is 260 g/mol. The molecule has 0 aromatic heterocycles. The number of carbonyl (C=O) groups is 4. The molecule has 18 heavy (non-hydrogen) atoms. The van der Waals surface area contributed by atoms with E-state index in [1.807, 2.05) is 0 Å². The molecule has 0 rings (SSSR count). The van der Waals surface area contributed by atoms with E-state index in [1.54, 1.807) is 0 Å². The second-order valence-corrected chi connectivity index (χ2v) is 2.67. The molecule has 0 aliphatic rings. The molecule has 0 fully saturated rings. The first-order valence-electron chi connectivity index (χ1n) is 4.34. The smallest absolute Gasteiger partial charge is 0.333 e. The van der Waals surface area contributed by atoms with Crippen LogP contribution in [0, 0.1) is 0 Å². The van der Waals surface area contributed by atoms with Gasteiger partial charge in [-0.1, -0.05) is 0 Å². The van der Waals surface area contributed by atoms with Crippen LogP contribution >= 0.6 is 0 Å². The molecule has 0 aliphatic carbocycles. The van der Waals surface area contributed by atoms with E-state index in [0.717, 1.165) is 6.08 Å². The van der Waals surface area contributed by atoms with Crippen LogP contribution in [0.4, 0.5) is 0 Å². The van der Waals surface area contributed by atoms with Crippen molar-refractivity contribution in [2.45, 2.75) is 6.92 Å². The van der Waals surface area contributed by atoms with Gasteiger partial charge in [0.25, 0.3) is 0 Å². The molecule has 0 unspecified atom stereocenters. The normalized spacial score (nSPS) is 10.2. The summed E-state index contributed by atoms with van der Waals surface area (Å²) in [5.41, 5.74) is 0.0787. The van der Waals surface area contributed by atoms with Gasteiger partial charge in [-0.05, 0) is 6.92 Å². The highest BCUT2D eigenvalue weighted by molar-refractivity contribution is 5.95. The molecule has 0 amide bonds. The summed E-state index contributed by atoms with van der Waals surface area (Å²) < 4.78 is 4.24. The summed E-state index contributed by atoms with van der Waals surface area (Å²) in [5, 5.41) is 23.8. The Morgan fingerprint density at radius 1 is 0.889 bits per heavy atom. The summed E-state index contributed by atoms with van der Waals surface area (Å²) in [6.07, 6.45) is 1.91. The topological polar surface area (TPSA) is 138 Å². The van der Waals surface area contributed by atoms with Crippen molar-refractivity contribution in [1.82, 2.24) is 0 Å². The Labute approximate surface area is 102 Å². The van der Waals surface area contributed by atoms with Crippen molar-refractivity contribution in [2.24, 2.45) is 0 Å². The molecule has 0 aromatic rings. The van der Waals surface area contributed by atoms with E-state index in [4.69, 9.17) is 15.3 Å². The van der Waals surface area contributed by atoms with E-state index in [0.29, 0.717) is 12.2 Å². The van der Waals surface area contributed by atoms with Gasteiger partial charge in [0.05, 0.1) is 7.11 Å². The van der Waals surface area contributed by atoms with Crippen LogP contribution in [0.1, 0.15) is 6.92 Å². The molecule has 8 heteroatoms. The SMILES string of the molecule is COC(=O)/C(C)=C\C(=O)O.O=C(O)/C=C/C(=O)O. The van der Waals surface area contributed by atoms with Crippen LogP contribution in [0.2, 0.25) is 0 Å². The largest absolute Gasteiger partial charge is 0.478 e. The van der Waals surface area contributed by atoms with Gasteiger partial charge < -0.3 is 20.1 Å². The monoisotopic (exact) mass is 260 g/mol. The molecule has 0 saturated carbocycles. The average Bonchev–Trinajstić information content (AvgIpc) is 2.25. The lowest BCUT2D eigenvalue weighted by atomic mass is 10.3. The number of rotatable bonds is 4. The van der Waals surface area contributed by atoms with Crippen LogP contribution in [-0.4, -0.2) is 46.3 Å². The lowest BCUT2D eigenvalue weighted by molar-refractivity contribution is -0.137. The van der Waals surface area contributed by atoms with E-state index in [9.17, 15) is 19.2 Å². The summed E-state index contributed by atoms with van der Waals surface area (Å²) in [7, 11) is 1.20. The third-order valence-electron chi connectivity index (χ3n) is 1.22. The van der Waals surface area contributed by atoms with Crippen LogP contribution in [0.3, 0.4) is 0 Å². The van der Waals surface area contributed by atoms with E-state index in [-0.39, 0.29) is 5.57 Å². The molecule has 3 N–H and O–H groups in total. The van der Waals surface area contributed by atoms with E-state index in [1.165, 1.54) is 14.0 Å². The first-order valence-corrected chi connectivity index (χ1v) is 4.34. The first kappa shape index (κ1) is 17.7. The number of esters is 1. The van der Waals surface area contributed by atoms with Gasteiger partial charge in [0, 0.05) is 23.8 Å². The second kappa shape index (κ2) is 9.58. The Balaban J connectivity index is 0. The Bertz CT molecular complexity index is 375. The van der Waals surface area contributed by atoms with Crippen molar-refractivity contribution in [3.63, 3.8) is 0 Å². The Morgan fingerprint density at radius 3 is 1.50 bits per heavy atom. The molecule has 0 heterocycles. The fraction of sp³-hybridized carbons (Fsp3) is 0.200. The molecule has 8 nitrogen and oxygen atoms in total. The van der Waals surface area contributed by atoms with Crippen molar-refractivity contribution in [3.05, 3.63) is 23.8 Å². The fourth-order valence-corrected chi connectivity index (χ4v) is 0.548. The number of carboxylic acids is 3. The third kappa shape index (κ3) is 13.4. The number of hydrogen-bond donors (Lipinski definition) is 3. The highest BCUT2D eigenvalue weighted by Gasteiger charge is 2.03. The van der Waals surface area contributed by atoms with E-state index >= 15 is 0 Å². The lowest BCUT2D eigenvalue weighted by Crippen LogP contribution is -2.03. The summed E-state index contributed by atoms with van der Waals surface area (Å²) in [6, 6.07) is 0. The molecule has 0 aliphatic heterocycles. The van der Waals surface area contributed by atoms with Crippen molar-refractivity contribution in [2.75, 3.05) is 7.11 Å². The third-order valence-corrected chi connectivity index (χ3v) is 1.22. The second-order valence-electron chi connectivity index (χ2n) is 2.67. The molecule has 0 atom stereocenters. The number of aliphatic carboxylic acids is 3. The predicted molar refractivity (Wildman–Crippen MR) is 57.8 cm³/mol. The molecule has 0 bridgehead atoms. The quantitative estimate of drug-likeness (QED) is 0.470. The van der Waals surface area contributed by atoms with Crippen LogP contribution < -0.4 is 0 Å². The standard InChI is InChI=1S/C6H8O4.C4H4O4/c1-4(3-5(7)8)6(9)10-2;5-3(6)1-2-4(7)8/h3H,1-2H3,(H,7,8);1-2H,(H,5,6)(H,7,8)/b4-3-;2-1+. The molecule has 0 spiro atoms. The van der Waals surface area contributed by atoms with Crippen molar-refractivity contribution >= 4 is 23.9 Å². The minimum Gasteiger partial charge on any atom is -0.478 e. The highest BCUT2D eigenvalue weighted by atomic mass is 16.5. The number of hydrogen-bond acceptors (Lipinski definition) is 5. The van der Waals surface area contributed by atoms with Gasteiger partial charge in [-0.3, -0.25) is 0 Å². The van der Waals surface area contributed by atoms with Crippen LogP contribution in [0.5, 0.6) is 0 Å². The summed E-state index contributed by atoms with van der Waals surface area (Å²) >= 11 is 0. The molecule has 100 valence electrons. The van der Waals surface area contributed by atoms with Gasteiger partial charge >= 0.3 is 23.9 Å². The molecule has 0 aromatic carbocycles. The first-order chi connectivity index (χ1) is 8.20.